The largest absolute Gasteiger partial charge is 0.312 e. The molecule has 0 aromatic heterocycles. The van der Waals surface area contributed by atoms with E-state index in [1.165, 1.54) is 58.5 Å². The zero-order chi connectivity index (χ0) is 14.6. The van der Waals surface area contributed by atoms with Crippen LogP contribution in [0.1, 0.15) is 47.0 Å². The summed E-state index contributed by atoms with van der Waals surface area (Å²) in [6, 6.07) is 0.609. The van der Waals surface area contributed by atoms with Crippen molar-refractivity contribution in [1.29, 1.82) is 0 Å². The van der Waals surface area contributed by atoms with Gasteiger partial charge in [-0.1, -0.05) is 27.7 Å². The molecule has 3 heteroatoms. The number of rotatable bonds is 7. The van der Waals surface area contributed by atoms with Gasteiger partial charge in [-0.2, -0.15) is 0 Å². The Hall–Kier alpha value is -0.120. The SMILES string of the molecule is CCCNC(CN1CCN(CC2CC2)CC1)C(C)(C)C. The van der Waals surface area contributed by atoms with Crippen molar-refractivity contribution < 1.29 is 0 Å². The van der Waals surface area contributed by atoms with Crippen LogP contribution >= 0.6 is 0 Å². The molecular formula is C17H35N3. The van der Waals surface area contributed by atoms with Crippen LogP contribution in [0.25, 0.3) is 0 Å². The maximum atomic E-state index is 3.75. The maximum absolute atomic E-state index is 3.75. The van der Waals surface area contributed by atoms with Crippen molar-refractivity contribution in [2.75, 3.05) is 45.8 Å². The minimum atomic E-state index is 0.348. The number of nitrogens with one attached hydrogen (secondary N) is 1. The summed E-state index contributed by atoms with van der Waals surface area (Å²) in [4.78, 5) is 5.35. The summed E-state index contributed by atoms with van der Waals surface area (Å²) in [6.07, 6.45) is 4.18. The van der Waals surface area contributed by atoms with Gasteiger partial charge in [-0.3, -0.25) is 4.90 Å². The van der Waals surface area contributed by atoms with E-state index in [0.29, 0.717) is 11.5 Å². The van der Waals surface area contributed by atoms with Crippen molar-refractivity contribution in [2.24, 2.45) is 11.3 Å². The molecule has 2 fully saturated rings. The Morgan fingerprint density at radius 2 is 1.65 bits per heavy atom. The summed E-state index contributed by atoms with van der Waals surface area (Å²) >= 11 is 0. The molecule has 1 unspecified atom stereocenters. The molecule has 0 amide bonds. The van der Waals surface area contributed by atoms with Crippen LogP contribution in [-0.2, 0) is 0 Å². The van der Waals surface area contributed by atoms with E-state index in [-0.39, 0.29) is 0 Å². The third-order valence-electron chi connectivity index (χ3n) is 4.81. The minimum Gasteiger partial charge on any atom is -0.312 e. The zero-order valence-corrected chi connectivity index (χ0v) is 14.1. The molecule has 20 heavy (non-hydrogen) atoms. The van der Waals surface area contributed by atoms with Gasteiger partial charge in [-0.25, -0.2) is 0 Å². The van der Waals surface area contributed by atoms with Gasteiger partial charge < -0.3 is 10.2 Å². The van der Waals surface area contributed by atoms with E-state index in [1.807, 2.05) is 0 Å². The Balaban J connectivity index is 1.73. The molecule has 1 atom stereocenters. The molecule has 2 rings (SSSR count). The molecule has 3 nitrogen and oxygen atoms in total. The van der Waals surface area contributed by atoms with Crippen molar-refractivity contribution in [2.45, 2.75) is 53.0 Å². The van der Waals surface area contributed by atoms with Crippen LogP contribution in [0.15, 0.2) is 0 Å². The zero-order valence-electron chi connectivity index (χ0n) is 14.1. The van der Waals surface area contributed by atoms with Gasteiger partial charge >= 0.3 is 0 Å². The monoisotopic (exact) mass is 281 g/mol. The Labute approximate surface area is 126 Å². The summed E-state index contributed by atoms with van der Waals surface area (Å²) in [7, 11) is 0. The normalized spacial score (nSPS) is 24.0. The highest BCUT2D eigenvalue weighted by Gasteiger charge is 2.29. The lowest BCUT2D eigenvalue weighted by Crippen LogP contribution is -2.54. The first-order valence-electron chi connectivity index (χ1n) is 8.67. The second kappa shape index (κ2) is 7.24. The van der Waals surface area contributed by atoms with Crippen molar-refractivity contribution >= 4 is 0 Å². The van der Waals surface area contributed by atoms with E-state index in [1.54, 1.807) is 0 Å². The lowest BCUT2D eigenvalue weighted by molar-refractivity contribution is 0.0999. The van der Waals surface area contributed by atoms with Crippen molar-refractivity contribution in [3.8, 4) is 0 Å². The molecule has 1 aliphatic heterocycles. The maximum Gasteiger partial charge on any atom is 0.0243 e. The summed E-state index contributed by atoms with van der Waals surface area (Å²) in [5.41, 5.74) is 0.348. The van der Waals surface area contributed by atoms with Crippen molar-refractivity contribution in [3.05, 3.63) is 0 Å². The summed E-state index contributed by atoms with van der Waals surface area (Å²) in [5.74, 6) is 1.04. The van der Waals surface area contributed by atoms with Gasteiger partial charge in [-0.05, 0) is 37.1 Å². The standard InChI is InChI=1S/C17H35N3/c1-5-8-18-16(17(2,3)4)14-20-11-9-19(10-12-20)13-15-6-7-15/h15-16,18H,5-14H2,1-4H3. The Bertz CT molecular complexity index is 272. The lowest BCUT2D eigenvalue weighted by Gasteiger charge is -2.40. The first-order valence-corrected chi connectivity index (χ1v) is 8.67. The molecule has 1 saturated carbocycles. The van der Waals surface area contributed by atoms with E-state index in [2.05, 4.69) is 42.8 Å². The smallest absolute Gasteiger partial charge is 0.0243 e. The highest BCUT2D eigenvalue weighted by molar-refractivity contribution is 4.86. The van der Waals surface area contributed by atoms with Crippen LogP contribution in [0.4, 0.5) is 0 Å². The van der Waals surface area contributed by atoms with E-state index < -0.39 is 0 Å². The predicted molar refractivity (Wildman–Crippen MR) is 87.1 cm³/mol. The topological polar surface area (TPSA) is 18.5 Å². The number of hydrogen-bond donors (Lipinski definition) is 1. The first-order chi connectivity index (χ1) is 9.49. The van der Waals surface area contributed by atoms with Crippen LogP contribution in [0, 0.1) is 11.3 Å². The first kappa shape index (κ1) is 16.3. The average molecular weight is 281 g/mol. The van der Waals surface area contributed by atoms with Crippen molar-refractivity contribution in [1.82, 2.24) is 15.1 Å². The van der Waals surface area contributed by atoms with E-state index in [4.69, 9.17) is 0 Å². The molecule has 1 aliphatic carbocycles. The van der Waals surface area contributed by atoms with E-state index in [9.17, 15) is 0 Å². The molecule has 2 aliphatic rings. The molecular weight excluding hydrogens is 246 g/mol. The molecule has 1 heterocycles. The average Bonchev–Trinajstić information content (AvgIpc) is 3.19. The molecule has 0 spiro atoms. The van der Waals surface area contributed by atoms with Crippen molar-refractivity contribution in [3.63, 3.8) is 0 Å². The van der Waals surface area contributed by atoms with E-state index in [0.717, 1.165) is 12.5 Å². The van der Waals surface area contributed by atoms with E-state index >= 15 is 0 Å². The molecule has 1 saturated heterocycles. The highest BCUT2D eigenvalue weighted by atomic mass is 15.3. The van der Waals surface area contributed by atoms with Gasteiger partial charge in [0.05, 0.1) is 0 Å². The van der Waals surface area contributed by atoms with Gasteiger partial charge in [-0.15, -0.1) is 0 Å². The quantitative estimate of drug-likeness (QED) is 0.773. The van der Waals surface area contributed by atoms with Crippen LogP contribution in [0.5, 0.6) is 0 Å². The second-order valence-corrected chi connectivity index (χ2v) is 7.92. The fourth-order valence-corrected chi connectivity index (χ4v) is 3.04. The Morgan fingerprint density at radius 1 is 1.05 bits per heavy atom. The highest BCUT2D eigenvalue weighted by Crippen LogP contribution is 2.30. The molecule has 0 radical (unpaired) electrons. The molecule has 118 valence electrons. The van der Waals surface area contributed by atoms with Gasteiger partial charge in [0.2, 0.25) is 0 Å². The van der Waals surface area contributed by atoms with Gasteiger partial charge in [0.1, 0.15) is 0 Å². The number of nitrogens with zero attached hydrogens (tertiary/aromatic N) is 2. The molecule has 0 aromatic rings. The lowest BCUT2D eigenvalue weighted by atomic mass is 9.86. The van der Waals surface area contributed by atoms with Crippen LogP contribution in [0.3, 0.4) is 0 Å². The fourth-order valence-electron chi connectivity index (χ4n) is 3.04. The molecule has 0 aromatic carbocycles. The Kier molecular flexibility index (Phi) is 5.88. The summed E-state index contributed by atoms with van der Waals surface area (Å²) in [6.45, 7) is 18.1. The predicted octanol–water partition coefficient (Wildman–Crippen LogP) is 2.43. The summed E-state index contributed by atoms with van der Waals surface area (Å²) < 4.78 is 0. The third kappa shape index (κ3) is 5.34. The van der Waals surface area contributed by atoms with Crippen LogP contribution in [0.2, 0.25) is 0 Å². The number of hydrogen-bond acceptors (Lipinski definition) is 3. The molecule has 1 N–H and O–H groups in total. The number of piperazine rings is 1. The summed E-state index contributed by atoms with van der Waals surface area (Å²) in [5, 5.41) is 3.75. The minimum absolute atomic E-state index is 0.348. The molecule has 0 bridgehead atoms. The van der Waals surface area contributed by atoms with Gasteiger partial charge in [0.15, 0.2) is 0 Å². The van der Waals surface area contributed by atoms with Gasteiger partial charge in [0, 0.05) is 45.3 Å². The Morgan fingerprint density at radius 3 is 2.15 bits per heavy atom. The second-order valence-electron chi connectivity index (χ2n) is 7.92. The van der Waals surface area contributed by atoms with Crippen LogP contribution in [-0.4, -0.2) is 61.7 Å². The third-order valence-corrected chi connectivity index (χ3v) is 4.81. The van der Waals surface area contributed by atoms with Gasteiger partial charge in [0.25, 0.3) is 0 Å². The fraction of sp³-hybridized carbons (Fsp3) is 1.00. The van der Waals surface area contributed by atoms with Crippen LogP contribution < -0.4 is 5.32 Å².